The van der Waals surface area contributed by atoms with E-state index in [9.17, 15) is 13.4 Å². The molecule has 2 aromatic rings. The Morgan fingerprint density at radius 1 is 1.20 bits per heavy atom. The molecule has 20 heavy (non-hydrogen) atoms. The number of ether oxygens (including phenoxy) is 1. The van der Waals surface area contributed by atoms with Gasteiger partial charge in [-0.25, -0.2) is 4.39 Å². The van der Waals surface area contributed by atoms with Crippen molar-refractivity contribution in [3.05, 3.63) is 59.9 Å². The summed E-state index contributed by atoms with van der Waals surface area (Å²) >= 11 is 0. The highest BCUT2D eigenvalue weighted by molar-refractivity contribution is 7.85. The molecule has 2 aromatic carbocycles. The molecule has 0 radical (unpaired) electrons. The zero-order valence-corrected chi connectivity index (χ0v) is 11.7. The minimum absolute atomic E-state index is 0.205. The van der Waals surface area contributed by atoms with E-state index < -0.39 is 16.6 Å². The van der Waals surface area contributed by atoms with E-state index in [0.717, 1.165) is 0 Å². The third kappa shape index (κ3) is 3.30. The summed E-state index contributed by atoms with van der Waals surface area (Å²) in [5.74, 6) is -0.538. The molecule has 0 saturated heterocycles. The summed E-state index contributed by atoms with van der Waals surface area (Å²) in [6, 6.07) is 12.2. The summed E-state index contributed by atoms with van der Waals surface area (Å²) in [6.07, 6.45) is 0. The molecular formula is C15H13FO3S. The van der Waals surface area contributed by atoms with Gasteiger partial charge in [0.1, 0.15) is 11.6 Å². The second-order valence-corrected chi connectivity index (χ2v) is 5.52. The van der Waals surface area contributed by atoms with Crippen LogP contribution >= 0.6 is 0 Å². The molecule has 0 N–H and O–H groups in total. The maximum atomic E-state index is 13.1. The van der Waals surface area contributed by atoms with Crippen LogP contribution in [0.15, 0.2) is 53.4 Å². The summed E-state index contributed by atoms with van der Waals surface area (Å²) in [5, 5.41) is 0. The lowest BCUT2D eigenvalue weighted by atomic mass is 10.1. The van der Waals surface area contributed by atoms with Gasteiger partial charge in [-0.15, -0.1) is 0 Å². The molecule has 0 bridgehead atoms. The van der Waals surface area contributed by atoms with E-state index in [2.05, 4.69) is 0 Å². The fraction of sp³-hybridized carbons (Fsp3) is 0.133. The zero-order chi connectivity index (χ0) is 14.5. The number of carbonyl (C=O) groups excluding carboxylic acids is 1. The number of methoxy groups -OCH3 is 1. The molecule has 104 valence electrons. The van der Waals surface area contributed by atoms with Crippen molar-refractivity contribution in [3.8, 4) is 5.75 Å². The molecule has 2 rings (SSSR count). The Morgan fingerprint density at radius 2 is 1.95 bits per heavy atom. The SMILES string of the molecule is COc1ccccc1C(=O)CS(=O)c1cccc(F)c1. The average Bonchev–Trinajstić information content (AvgIpc) is 2.47. The van der Waals surface area contributed by atoms with E-state index >= 15 is 0 Å². The normalized spacial score (nSPS) is 11.9. The maximum Gasteiger partial charge on any atom is 0.179 e. The van der Waals surface area contributed by atoms with Crippen molar-refractivity contribution in [3.63, 3.8) is 0 Å². The molecule has 0 heterocycles. The van der Waals surface area contributed by atoms with Gasteiger partial charge in [-0.05, 0) is 30.3 Å². The van der Waals surface area contributed by atoms with Crippen molar-refractivity contribution >= 4 is 16.6 Å². The van der Waals surface area contributed by atoms with E-state index in [4.69, 9.17) is 4.74 Å². The Labute approximate surface area is 118 Å². The number of rotatable bonds is 5. The summed E-state index contributed by atoms with van der Waals surface area (Å²) in [6.45, 7) is 0. The summed E-state index contributed by atoms with van der Waals surface area (Å²) in [5.41, 5.74) is 0.375. The Hall–Kier alpha value is -2.01. The fourth-order valence-electron chi connectivity index (χ4n) is 1.76. The molecule has 0 aromatic heterocycles. The van der Waals surface area contributed by atoms with Gasteiger partial charge in [0.15, 0.2) is 5.78 Å². The largest absolute Gasteiger partial charge is 0.496 e. The molecule has 0 aliphatic heterocycles. The van der Waals surface area contributed by atoms with Crippen LogP contribution in [0.2, 0.25) is 0 Å². The van der Waals surface area contributed by atoms with Gasteiger partial charge in [0.2, 0.25) is 0 Å². The maximum absolute atomic E-state index is 13.1. The predicted molar refractivity (Wildman–Crippen MR) is 75.0 cm³/mol. The fourth-order valence-corrected chi connectivity index (χ4v) is 2.80. The van der Waals surface area contributed by atoms with Crippen LogP contribution in [0.25, 0.3) is 0 Å². The molecule has 0 spiro atoms. The van der Waals surface area contributed by atoms with Gasteiger partial charge in [-0.1, -0.05) is 18.2 Å². The highest BCUT2D eigenvalue weighted by Gasteiger charge is 2.16. The van der Waals surface area contributed by atoms with Crippen LogP contribution in [0, 0.1) is 5.82 Å². The van der Waals surface area contributed by atoms with Crippen LogP contribution in [-0.4, -0.2) is 22.9 Å². The number of Topliss-reactive ketones (excluding diaryl/α,β-unsaturated/α-hetero) is 1. The standard InChI is InChI=1S/C15H13FO3S/c1-19-15-8-3-2-7-13(15)14(17)10-20(18)12-6-4-5-11(16)9-12/h2-9H,10H2,1H3. The van der Waals surface area contributed by atoms with Crippen molar-refractivity contribution in [2.45, 2.75) is 4.90 Å². The first-order valence-corrected chi connectivity index (χ1v) is 7.24. The number of halogens is 1. The van der Waals surface area contributed by atoms with Gasteiger partial charge >= 0.3 is 0 Å². The van der Waals surface area contributed by atoms with Crippen LogP contribution in [0.4, 0.5) is 4.39 Å². The molecule has 1 unspecified atom stereocenters. The Morgan fingerprint density at radius 3 is 2.65 bits per heavy atom. The number of ketones is 1. The first-order valence-electron chi connectivity index (χ1n) is 5.92. The highest BCUT2D eigenvalue weighted by Crippen LogP contribution is 2.19. The minimum Gasteiger partial charge on any atom is -0.496 e. The topological polar surface area (TPSA) is 43.4 Å². The number of carbonyl (C=O) groups is 1. The minimum atomic E-state index is -1.58. The van der Waals surface area contributed by atoms with Crippen LogP contribution < -0.4 is 4.74 Å². The molecular weight excluding hydrogens is 279 g/mol. The molecule has 0 saturated carbocycles. The number of para-hydroxylation sites is 1. The lowest BCUT2D eigenvalue weighted by Crippen LogP contribution is -2.12. The van der Waals surface area contributed by atoms with Gasteiger partial charge in [0, 0.05) is 4.90 Å². The quantitative estimate of drug-likeness (QED) is 0.796. The van der Waals surface area contributed by atoms with Crippen LogP contribution in [0.3, 0.4) is 0 Å². The summed E-state index contributed by atoms with van der Waals surface area (Å²) in [4.78, 5) is 12.4. The van der Waals surface area contributed by atoms with Crippen LogP contribution in [0.1, 0.15) is 10.4 Å². The van der Waals surface area contributed by atoms with Gasteiger partial charge < -0.3 is 4.74 Å². The number of hydrogen-bond acceptors (Lipinski definition) is 3. The van der Waals surface area contributed by atoms with E-state index in [1.54, 1.807) is 24.3 Å². The van der Waals surface area contributed by atoms with Gasteiger partial charge in [0.05, 0.1) is 29.2 Å². The van der Waals surface area contributed by atoms with Crippen molar-refractivity contribution < 1.29 is 18.1 Å². The van der Waals surface area contributed by atoms with Crippen molar-refractivity contribution in [1.82, 2.24) is 0 Å². The van der Waals surface area contributed by atoms with Crippen molar-refractivity contribution in [1.29, 1.82) is 0 Å². The van der Waals surface area contributed by atoms with Gasteiger partial charge in [0.25, 0.3) is 0 Å². The third-order valence-electron chi connectivity index (χ3n) is 2.73. The second kappa shape index (κ2) is 6.43. The lowest BCUT2D eigenvalue weighted by Gasteiger charge is -2.07. The highest BCUT2D eigenvalue weighted by atomic mass is 32.2. The molecule has 0 aliphatic rings. The van der Waals surface area contributed by atoms with E-state index in [1.807, 2.05) is 0 Å². The average molecular weight is 292 g/mol. The molecule has 0 amide bonds. The van der Waals surface area contributed by atoms with E-state index in [-0.39, 0.29) is 11.5 Å². The van der Waals surface area contributed by atoms with Crippen molar-refractivity contribution in [2.24, 2.45) is 0 Å². The Kier molecular flexibility index (Phi) is 4.63. The number of benzene rings is 2. The Balaban J connectivity index is 2.17. The molecule has 1 atom stereocenters. The smallest absolute Gasteiger partial charge is 0.179 e. The molecule has 5 heteroatoms. The molecule has 0 aliphatic carbocycles. The molecule has 3 nitrogen and oxygen atoms in total. The third-order valence-corrected chi connectivity index (χ3v) is 4.03. The second-order valence-electron chi connectivity index (χ2n) is 4.07. The van der Waals surface area contributed by atoms with E-state index in [1.165, 1.54) is 31.4 Å². The monoisotopic (exact) mass is 292 g/mol. The lowest BCUT2D eigenvalue weighted by molar-refractivity contribution is 0.101. The number of hydrogen-bond donors (Lipinski definition) is 0. The molecule has 0 fully saturated rings. The van der Waals surface area contributed by atoms with E-state index in [0.29, 0.717) is 16.2 Å². The van der Waals surface area contributed by atoms with Crippen molar-refractivity contribution in [2.75, 3.05) is 12.9 Å². The summed E-state index contributed by atoms with van der Waals surface area (Å²) in [7, 11) is -0.112. The summed E-state index contributed by atoms with van der Waals surface area (Å²) < 4.78 is 30.2. The predicted octanol–water partition coefficient (Wildman–Crippen LogP) is 2.82. The Bertz CT molecular complexity index is 655. The first-order chi connectivity index (χ1) is 9.61. The van der Waals surface area contributed by atoms with Crippen LogP contribution in [-0.2, 0) is 10.8 Å². The first kappa shape index (κ1) is 14.4. The van der Waals surface area contributed by atoms with Gasteiger partial charge in [-0.3, -0.25) is 9.00 Å². The van der Waals surface area contributed by atoms with Gasteiger partial charge in [-0.2, -0.15) is 0 Å². The van der Waals surface area contributed by atoms with Crippen LogP contribution in [0.5, 0.6) is 5.75 Å². The zero-order valence-electron chi connectivity index (χ0n) is 10.8.